The molecule has 2 aromatic carbocycles. The Morgan fingerprint density at radius 2 is 1.88 bits per heavy atom. The van der Waals surface area contributed by atoms with Crippen molar-refractivity contribution in [3.05, 3.63) is 57.5 Å². The fraction of sp³-hybridized carbons (Fsp3) is 0.263. The maximum Gasteiger partial charge on any atom is 0.265 e. The minimum atomic E-state index is -0.708. The highest BCUT2D eigenvalue weighted by Crippen LogP contribution is 2.28. The van der Waals surface area contributed by atoms with E-state index in [2.05, 4.69) is 26.6 Å². The second-order valence-electron chi connectivity index (χ2n) is 5.66. The minimum Gasteiger partial charge on any atom is -0.480 e. The molecule has 0 aliphatic carbocycles. The van der Waals surface area contributed by atoms with Crippen LogP contribution < -0.4 is 15.4 Å². The van der Waals surface area contributed by atoms with Crippen LogP contribution in [0.2, 0.25) is 5.02 Å². The van der Waals surface area contributed by atoms with Crippen molar-refractivity contribution in [1.82, 2.24) is 5.32 Å². The number of rotatable bonds is 7. The minimum absolute atomic E-state index is 0.131. The van der Waals surface area contributed by atoms with E-state index in [1.54, 1.807) is 49.4 Å². The first-order valence-electron chi connectivity index (χ1n) is 8.21. The number of nitrogens with one attached hydrogen (secondary N) is 2. The van der Waals surface area contributed by atoms with Gasteiger partial charge in [-0.1, -0.05) is 18.5 Å². The van der Waals surface area contributed by atoms with Crippen molar-refractivity contribution in [3.63, 3.8) is 0 Å². The number of carbonyl (C=O) groups excluding carboxylic acids is 2. The van der Waals surface area contributed by atoms with E-state index < -0.39 is 6.10 Å². The molecule has 0 aromatic heterocycles. The maximum absolute atomic E-state index is 12.3. The van der Waals surface area contributed by atoms with Gasteiger partial charge in [-0.15, -0.1) is 0 Å². The average molecular weight is 440 g/mol. The van der Waals surface area contributed by atoms with Crippen LogP contribution in [0.5, 0.6) is 5.75 Å². The molecule has 1 atom stereocenters. The maximum atomic E-state index is 12.3. The number of carbonyl (C=O) groups is 2. The summed E-state index contributed by atoms with van der Waals surface area (Å²) in [5, 5.41) is 6.14. The summed E-state index contributed by atoms with van der Waals surface area (Å²) in [5.74, 6) is 0.101. The molecule has 7 heteroatoms. The topological polar surface area (TPSA) is 67.4 Å². The first-order chi connectivity index (χ1) is 12.4. The predicted octanol–water partition coefficient (Wildman–Crippen LogP) is 4.65. The summed E-state index contributed by atoms with van der Waals surface area (Å²) in [5.41, 5.74) is 1.14. The highest BCUT2D eigenvalue weighted by molar-refractivity contribution is 9.10. The van der Waals surface area contributed by atoms with Crippen molar-refractivity contribution in [1.29, 1.82) is 0 Å². The van der Waals surface area contributed by atoms with Crippen LogP contribution in [-0.4, -0.2) is 24.5 Å². The molecule has 2 aromatic rings. The van der Waals surface area contributed by atoms with Gasteiger partial charge >= 0.3 is 0 Å². The molecule has 0 spiro atoms. The Balaban J connectivity index is 1.95. The van der Waals surface area contributed by atoms with Gasteiger partial charge in [0.15, 0.2) is 6.10 Å². The molecule has 0 bridgehead atoms. The Morgan fingerprint density at radius 3 is 2.50 bits per heavy atom. The standard InChI is InChI=1S/C19H20BrClN2O3/c1-3-10-22-19(25)13-4-7-15(8-5-13)23-18(24)12(2)26-17-9-6-14(21)11-16(17)20/h4-9,11-12H,3,10H2,1-2H3,(H,22,25)(H,23,24). The van der Waals surface area contributed by atoms with E-state index in [1.165, 1.54) is 0 Å². The monoisotopic (exact) mass is 438 g/mol. The summed E-state index contributed by atoms with van der Waals surface area (Å²) in [6.45, 7) is 4.28. The van der Waals surface area contributed by atoms with Gasteiger partial charge in [-0.2, -0.15) is 0 Å². The number of amides is 2. The lowest BCUT2D eigenvalue weighted by molar-refractivity contribution is -0.122. The zero-order valence-electron chi connectivity index (χ0n) is 14.5. The number of benzene rings is 2. The summed E-state index contributed by atoms with van der Waals surface area (Å²) in [6, 6.07) is 11.8. The number of halogens is 2. The molecule has 2 amide bonds. The fourth-order valence-corrected chi connectivity index (χ4v) is 2.88. The number of hydrogen-bond donors (Lipinski definition) is 2. The lowest BCUT2D eigenvalue weighted by atomic mass is 10.2. The molecule has 138 valence electrons. The van der Waals surface area contributed by atoms with Crippen molar-refractivity contribution < 1.29 is 14.3 Å². The lowest BCUT2D eigenvalue weighted by Crippen LogP contribution is -2.30. The quantitative estimate of drug-likeness (QED) is 0.660. The van der Waals surface area contributed by atoms with E-state index in [0.29, 0.717) is 33.0 Å². The van der Waals surface area contributed by atoms with Crippen molar-refractivity contribution in [2.24, 2.45) is 0 Å². The Labute approximate surface area is 166 Å². The lowest BCUT2D eigenvalue weighted by Gasteiger charge is -2.16. The molecule has 2 N–H and O–H groups in total. The van der Waals surface area contributed by atoms with Gasteiger partial charge in [0.2, 0.25) is 0 Å². The molecule has 5 nitrogen and oxygen atoms in total. The van der Waals surface area contributed by atoms with Crippen LogP contribution in [-0.2, 0) is 4.79 Å². The molecule has 26 heavy (non-hydrogen) atoms. The average Bonchev–Trinajstić information content (AvgIpc) is 2.62. The van der Waals surface area contributed by atoms with E-state index in [0.717, 1.165) is 6.42 Å². The molecular formula is C19H20BrClN2O3. The highest BCUT2D eigenvalue weighted by atomic mass is 79.9. The van der Waals surface area contributed by atoms with E-state index in [4.69, 9.17) is 16.3 Å². The van der Waals surface area contributed by atoms with Gasteiger partial charge in [-0.05, 0) is 71.7 Å². The molecule has 0 heterocycles. The Morgan fingerprint density at radius 1 is 1.19 bits per heavy atom. The molecule has 2 rings (SSSR count). The Bertz CT molecular complexity index is 781. The van der Waals surface area contributed by atoms with Gasteiger partial charge in [0.05, 0.1) is 4.47 Å². The van der Waals surface area contributed by atoms with Crippen LogP contribution in [0.4, 0.5) is 5.69 Å². The Hall–Kier alpha value is -2.05. The summed E-state index contributed by atoms with van der Waals surface area (Å²) >= 11 is 9.24. The van der Waals surface area contributed by atoms with Crippen LogP contribution in [0, 0.1) is 0 Å². The van der Waals surface area contributed by atoms with Crippen LogP contribution in [0.15, 0.2) is 46.9 Å². The molecule has 0 saturated carbocycles. The highest BCUT2D eigenvalue weighted by Gasteiger charge is 2.16. The molecule has 0 aliphatic heterocycles. The van der Waals surface area contributed by atoms with E-state index in [9.17, 15) is 9.59 Å². The van der Waals surface area contributed by atoms with E-state index in [-0.39, 0.29) is 11.8 Å². The van der Waals surface area contributed by atoms with Gasteiger partial charge in [-0.3, -0.25) is 9.59 Å². The largest absolute Gasteiger partial charge is 0.480 e. The first-order valence-corrected chi connectivity index (χ1v) is 9.38. The third-order valence-electron chi connectivity index (χ3n) is 3.52. The Kier molecular flexibility index (Phi) is 7.48. The third-order valence-corrected chi connectivity index (χ3v) is 4.37. The van der Waals surface area contributed by atoms with Crippen LogP contribution in [0.1, 0.15) is 30.6 Å². The summed E-state index contributed by atoms with van der Waals surface area (Å²) in [7, 11) is 0. The molecule has 0 saturated heterocycles. The normalized spacial score (nSPS) is 11.5. The number of hydrogen-bond acceptors (Lipinski definition) is 3. The van der Waals surface area contributed by atoms with E-state index >= 15 is 0 Å². The smallest absolute Gasteiger partial charge is 0.265 e. The molecule has 0 radical (unpaired) electrons. The molecule has 0 aliphatic rings. The molecular weight excluding hydrogens is 420 g/mol. The number of ether oxygens (including phenoxy) is 1. The van der Waals surface area contributed by atoms with Crippen LogP contribution >= 0.6 is 27.5 Å². The predicted molar refractivity (Wildman–Crippen MR) is 107 cm³/mol. The first kappa shape index (κ1) is 20.3. The SMILES string of the molecule is CCCNC(=O)c1ccc(NC(=O)C(C)Oc2ccc(Cl)cc2Br)cc1. The number of anilines is 1. The summed E-state index contributed by atoms with van der Waals surface area (Å²) in [4.78, 5) is 24.2. The van der Waals surface area contributed by atoms with Crippen molar-refractivity contribution in [2.45, 2.75) is 26.4 Å². The van der Waals surface area contributed by atoms with Gasteiger partial charge in [0.25, 0.3) is 11.8 Å². The van der Waals surface area contributed by atoms with Crippen molar-refractivity contribution in [3.8, 4) is 5.75 Å². The van der Waals surface area contributed by atoms with Gasteiger partial charge < -0.3 is 15.4 Å². The fourth-order valence-electron chi connectivity index (χ4n) is 2.10. The summed E-state index contributed by atoms with van der Waals surface area (Å²) < 4.78 is 6.33. The van der Waals surface area contributed by atoms with Gasteiger partial charge in [-0.25, -0.2) is 0 Å². The zero-order chi connectivity index (χ0) is 19.1. The van der Waals surface area contributed by atoms with Gasteiger partial charge in [0.1, 0.15) is 5.75 Å². The molecule has 0 fully saturated rings. The second kappa shape index (κ2) is 9.59. The summed E-state index contributed by atoms with van der Waals surface area (Å²) in [6.07, 6.45) is 0.168. The van der Waals surface area contributed by atoms with Crippen molar-refractivity contribution >= 4 is 45.0 Å². The third kappa shape index (κ3) is 5.75. The van der Waals surface area contributed by atoms with Crippen LogP contribution in [0.3, 0.4) is 0 Å². The molecule has 1 unspecified atom stereocenters. The van der Waals surface area contributed by atoms with Gasteiger partial charge in [0, 0.05) is 22.8 Å². The van der Waals surface area contributed by atoms with E-state index in [1.807, 2.05) is 6.92 Å². The second-order valence-corrected chi connectivity index (χ2v) is 6.95. The van der Waals surface area contributed by atoms with Crippen LogP contribution in [0.25, 0.3) is 0 Å². The van der Waals surface area contributed by atoms with Crippen molar-refractivity contribution in [2.75, 3.05) is 11.9 Å². The zero-order valence-corrected chi connectivity index (χ0v) is 16.9.